The molecule has 30 heavy (non-hydrogen) atoms. The van der Waals surface area contributed by atoms with Crippen LogP contribution in [0.4, 0.5) is 0 Å². The molecule has 1 atom stereocenters. The van der Waals surface area contributed by atoms with Gasteiger partial charge >= 0.3 is 0 Å². The second kappa shape index (κ2) is 9.90. The summed E-state index contributed by atoms with van der Waals surface area (Å²) in [6.07, 6.45) is 2.77. The molecule has 5 nitrogen and oxygen atoms in total. The van der Waals surface area contributed by atoms with Crippen LogP contribution in [0.3, 0.4) is 0 Å². The van der Waals surface area contributed by atoms with Gasteiger partial charge in [0.1, 0.15) is 0 Å². The summed E-state index contributed by atoms with van der Waals surface area (Å²) in [5.41, 5.74) is 2.53. The molecule has 0 saturated carbocycles. The third-order valence-electron chi connectivity index (χ3n) is 6.16. The molecule has 0 radical (unpaired) electrons. The molecule has 2 aromatic rings. The van der Waals surface area contributed by atoms with Crippen LogP contribution in [0.1, 0.15) is 42.7 Å². The molecule has 0 N–H and O–H groups in total. The number of carbonyl (C=O) groups excluding carboxylic acids is 2. The monoisotopic (exact) mass is 406 g/mol. The van der Waals surface area contributed by atoms with Gasteiger partial charge < -0.3 is 14.5 Å². The predicted octanol–water partition coefficient (Wildman–Crippen LogP) is 3.45. The van der Waals surface area contributed by atoms with Crippen LogP contribution in [0.5, 0.6) is 0 Å². The van der Waals surface area contributed by atoms with Crippen molar-refractivity contribution in [3.8, 4) is 0 Å². The van der Waals surface area contributed by atoms with Gasteiger partial charge in [-0.25, -0.2) is 0 Å². The number of benzene rings is 2. The molecule has 2 heterocycles. The number of rotatable bonds is 7. The van der Waals surface area contributed by atoms with Gasteiger partial charge in [-0.15, -0.1) is 0 Å². The zero-order chi connectivity index (χ0) is 20.8. The van der Waals surface area contributed by atoms with Crippen LogP contribution < -0.4 is 0 Å². The van der Waals surface area contributed by atoms with E-state index in [4.69, 9.17) is 4.74 Å². The Morgan fingerprint density at radius 1 is 1.00 bits per heavy atom. The maximum atomic E-state index is 12.8. The molecule has 158 valence electrons. The van der Waals surface area contributed by atoms with Gasteiger partial charge in [-0.2, -0.15) is 0 Å². The summed E-state index contributed by atoms with van der Waals surface area (Å²) >= 11 is 0. The summed E-state index contributed by atoms with van der Waals surface area (Å²) in [5, 5.41) is 0. The number of morpholine rings is 1. The molecule has 5 heteroatoms. The van der Waals surface area contributed by atoms with E-state index in [9.17, 15) is 9.59 Å². The van der Waals surface area contributed by atoms with Crippen molar-refractivity contribution in [2.75, 3.05) is 32.8 Å². The lowest BCUT2D eigenvalue weighted by atomic mass is 9.86. The Bertz CT molecular complexity index is 800. The summed E-state index contributed by atoms with van der Waals surface area (Å²) in [5.74, 6) is 0.532. The number of hydrogen-bond donors (Lipinski definition) is 0. The SMILES string of the molecule is O=C1CCCN1CCC(=O)N1CCOC(CC(c2ccccc2)c2ccccc2)C1. The van der Waals surface area contributed by atoms with E-state index < -0.39 is 0 Å². The zero-order valence-electron chi connectivity index (χ0n) is 17.4. The van der Waals surface area contributed by atoms with E-state index in [0.29, 0.717) is 39.1 Å². The lowest BCUT2D eigenvalue weighted by molar-refractivity contribution is -0.140. The Labute approximate surface area is 178 Å². The number of amides is 2. The van der Waals surface area contributed by atoms with Crippen LogP contribution in [0.25, 0.3) is 0 Å². The highest BCUT2D eigenvalue weighted by molar-refractivity contribution is 5.80. The standard InChI is InChI=1S/C25H30N2O3/c28-24-12-7-14-26(24)15-13-25(29)27-16-17-30-22(19-27)18-23(20-8-3-1-4-9-20)21-10-5-2-6-11-21/h1-6,8-11,22-23H,7,12-19H2. The van der Waals surface area contributed by atoms with Crippen LogP contribution >= 0.6 is 0 Å². The highest BCUT2D eigenvalue weighted by Gasteiger charge is 2.28. The molecular weight excluding hydrogens is 376 g/mol. The van der Waals surface area contributed by atoms with E-state index in [1.54, 1.807) is 0 Å². The lowest BCUT2D eigenvalue weighted by Gasteiger charge is -2.35. The number of carbonyl (C=O) groups is 2. The third-order valence-corrected chi connectivity index (χ3v) is 6.16. The summed E-state index contributed by atoms with van der Waals surface area (Å²) in [4.78, 5) is 28.3. The fraction of sp³-hybridized carbons (Fsp3) is 0.440. The maximum Gasteiger partial charge on any atom is 0.224 e. The molecule has 0 bridgehead atoms. The van der Waals surface area contributed by atoms with Crippen LogP contribution in [0.2, 0.25) is 0 Å². The van der Waals surface area contributed by atoms with Crippen LogP contribution in [0.15, 0.2) is 60.7 Å². The first-order valence-corrected chi connectivity index (χ1v) is 11.0. The molecule has 2 aromatic carbocycles. The predicted molar refractivity (Wildman–Crippen MR) is 116 cm³/mol. The third kappa shape index (κ3) is 5.08. The van der Waals surface area contributed by atoms with E-state index in [2.05, 4.69) is 48.5 Å². The van der Waals surface area contributed by atoms with Crippen LogP contribution in [-0.4, -0.2) is 60.5 Å². The zero-order valence-corrected chi connectivity index (χ0v) is 17.4. The summed E-state index contributed by atoms with van der Waals surface area (Å²) in [6.45, 7) is 3.13. The van der Waals surface area contributed by atoms with E-state index in [0.717, 1.165) is 19.4 Å². The molecule has 0 spiro atoms. The first-order valence-electron chi connectivity index (χ1n) is 11.0. The average Bonchev–Trinajstić information content (AvgIpc) is 3.22. The molecule has 0 aromatic heterocycles. The van der Waals surface area contributed by atoms with Crippen molar-refractivity contribution in [3.63, 3.8) is 0 Å². The average molecular weight is 407 g/mol. The Balaban J connectivity index is 1.39. The molecule has 2 aliphatic rings. The van der Waals surface area contributed by atoms with E-state index in [1.807, 2.05) is 21.9 Å². The first kappa shape index (κ1) is 20.6. The van der Waals surface area contributed by atoms with Gasteiger partial charge in [-0.3, -0.25) is 9.59 Å². The van der Waals surface area contributed by atoms with Crippen molar-refractivity contribution < 1.29 is 14.3 Å². The van der Waals surface area contributed by atoms with Crippen molar-refractivity contribution in [3.05, 3.63) is 71.8 Å². The van der Waals surface area contributed by atoms with Crippen LogP contribution in [-0.2, 0) is 14.3 Å². The van der Waals surface area contributed by atoms with Crippen molar-refractivity contribution in [2.24, 2.45) is 0 Å². The van der Waals surface area contributed by atoms with Crippen molar-refractivity contribution in [1.82, 2.24) is 9.80 Å². The minimum atomic E-state index is 0.00142. The second-order valence-corrected chi connectivity index (χ2v) is 8.18. The van der Waals surface area contributed by atoms with Crippen molar-refractivity contribution in [1.29, 1.82) is 0 Å². The number of ether oxygens (including phenoxy) is 1. The largest absolute Gasteiger partial charge is 0.375 e. The molecule has 2 saturated heterocycles. The van der Waals surface area contributed by atoms with Crippen LogP contribution in [0, 0.1) is 0 Å². The van der Waals surface area contributed by atoms with E-state index >= 15 is 0 Å². The summed E-state index contributed by atoms with van der Waals surface area (Å²) in [7, 11) is 0. The van der Waals surface area contributed by atoms with Gasteiger partial charge in [0.05, 0.1) is 12.7 Å². The Morgan fingerprint density at radius 3 is 2.27 bits per heavy atom. The fourth-order valence-electron chi connectivity index (χ4n) is 4.52. The minimum Gasteiger partial charge on any atom is -0.375 e. The van der Waals surface area contributed by atoms with Crippen molar-refractivity contribution >= 4 is 11.8 Å². The minimum absolute atomic E-state index is 0.00142. The highest BCUT2D eigenvalue weighted by Crippen LogP contribution is 2.31. The lowest BCUT2D eigenvalue weighted by Crippen LogP contribution is -2.46. The normalized spacial score (nSPS) is 19.5. The quantitative estimate of drug-likeness (QED) is 0.708. The van der Waals surface area contributed by atoms with E-state index in [-0.39, 0.29) is 23.8 Å². The molecular formula is C25H30N2O3. The van der Waals surface area contributed by atoms with Gasteiger partial charge in [0, 0.05) is 44.9 Å². The smallest absolute Gasteiger partial charge is 0.224 e. The first-order chi connectivity index (χ1) is 14.7. The molecule has 0 aliphatic carbocycles. The maximum absolute atomic E-state index is 12.8. The fourth-order valence-corrected chi connectivity index (χ4v) is 4.52. The summed E-state index contributed by atoms with van der Waals surface area (Å²) < 4.78 is 6.07. The number of likely N-dealkylation sites (tertiary alicyclic amines) is 1. The van der Waals surface area contributed by atoms with Gasteiger partial charge in [0.15, 0.2) is 0 Å². The number of nitrogens with zero attached hydrogens (tertiary/aromatic N) is 2. The topological polar surface area (TPSA) is 49.9 Å². The summed E-state index contributed by atoms with van der Waals surface area (Å²) in [6, 6.07) is 21.0. The highest BCUT2D eigenvalue weighted by atomic mass is 16.5. The van der Waals surface area contributed by atoms with Gasteiger partial charge in [-0.1, -0.05) is 60.7 Å². The van der Waals surface area contributed by atoms with Gasteiger partial charge in [-0.05, 0) is 24.0 Å². The second-order valence-electron chi connectivity index (χ2n) is 8.18. The van der Waals surface area contributed by atoms with Crippen molar-refractivity contribution in [2.45, 2.75) is 37.7 Å². The van der Waals surface area contributed by atoms with E-state index in [1.165, 1.54) is 11.1 Å². The number of hydrogen-bond acceptors (Lipinski definition) is 3. The molecule has 1 unspecified atom stereocenters. The Hall–Kier alpha value is -2.66. The van der Waals surface area contributed by atoms with Gasteiger partial charge in [0.25, 0.3) is 0 Å². The molecule has 2 aliphatic heterocycles. The Morgan fingerprint density at radius 2 is 1.67 bits per heavy atom. The molecule has 2 amide bonds. The Kier molecular flexibility index (Phi) is 6.80. The molecule has 4 rings (SSSR count). The molecule has 2 fully saturated rings. The van der Waals surface area contributed by atoms with Gasteiger partial charge in [0.2, 0.25) is 11.8 Å².